The molecular formula is C28H28F6N8O. The number of nitrogens with zero attached hydrogens (tertiary/aromatic N) is 7. The summed E-state index contributed by atoms with van der Waals surface area (Å²) < 4.78 is 85.2. The zero-order valence-corrected chi connectivity index (χ0v) is 23.5. The van der Waals surface area contributed by atoms with Gasteiger partial charge in [0.1, 0.15) is 5.69 Å². The lowest BCUT2D eigenvalue weighted by Gasteiger charge is -2.36. The van der Waals surface area contributed by atoms with Crippen molar-refractivity contribution in [3.8, 4) is 16.9 Å². The Hall–Kier alpha value is -4.40. The number of benzene rings is 2. The molecule has 0 radical (unpaired) electrons. The van der Waals surface area contributed by atoms with Gasteiger partial charge in [0.05, 0.1) is 35.9 Å². The van der Waals surface area contributed by atoms with Crippen molar-refractivity contribution < 1.29 is 31.1 Å². The molecule has 9 nitrogen and oxygen atoms in total. The first-order valence-corrected chi connectivity index (χ1v) is 13.3. The lowest BCUT2D eigenvalue weighted by molar-refractivity contribution is -0.139. The van der Waals surface area contributed by atoms with E-state index in [2.05, 4.69) is 20.7 Å². The van der Waals surface area contributed by atoms with Gasteiger partial charge in [-0.05, 0) is 43.7 Å². The van der Waals surface area contributed by atoms with E-state index in [1.807, 2.05) is 6.92 Å². The predicted octanol–water partition coefficient (Wildman–Crippen LogP) is 5.08. The maximum Gasteiger partial charge on any atom is 0.419 e. The first-order valence-electron chi connectivity index (χ1n) is 13.3. The van der Waals surface area contributed by atoms with Gasteiger partial charge in [0, 0.05) is 55.7 Å². The van der Waals surface area contributed by atoms with E-state index in [1.165, 1.54) is 26.6 Å². The molecule has 1 saturated heterocycles. The maximum absolute atomic E-state index is 15.1. The highest BCUT2D eigenvalue weighted by Crippen LogP contribution is 2.38. The van der Waals surface area contributed by atoms with Crippen molar-refractivity contribution in [2.45, 2.75) is 26.4 Å². The van der Waals surface area contributed by atoms with Crippen LogP contribution in [-0.4, -0.2) is 74.7 Å². The van der Waals surface area contributed by atoms with Crippen molar-refractivity contribution in [2.24, 2.45) is 7.05 Å². The van der Waals surface area contributed by atoms with Gasteiger partial charge in [0.25, 0.3) is 12.3 Å². The van der Waals surface area contributed by atoms with Crippen LogP contribution >= 0.6 is 0 Å². The van der Waals surface area contributed by atoms with Gasteiger partial charge in [-0.15, -0.1) is 5.10 Å². The van der Waals surface area contributed by atoms with Crippen molar-refractivity contribution in [3.05, 3.63) is 70.9 Å². The van der Waals surface area contributed by atoms with E-state index in [0.29, 0.717) is 17.4 Å². The molecule has 0 bridgehead atoms. The van der Waals surface area contributed by atoms with Crippen LogP contribution in [0.15, 0.2) is 42.7 Å². The van der Waals surface area contributed by atoms with Gasteiger partial charge in [0.15, 0.2) is 5.82 Å². The van der Waals surface area contributed by atoms with Crippen LogP contribution in [0.4, 0.5) is 37.7 Å². The average Bonchev–Trinajstić information content (AvgIpc) is 3.55. The Morgan fingerprint density at radius 1 is 1.05 bits per heavy atom. The molecule has 0 unspecified atom stereocenters. The van der Waals surface area contributed by atoms with Crippen LogP contribution in [0.5, 0.6) is 0 Å². The molecule has 5 rings (SSSR count). The fourth-order valence-corrected chi connectivity index (χ4v) is 4.94. The zero-order valence-electron chi connectivity index (χ0n) is 23.5. The lowest BCUT2D eigenvalue weighted by Crippen LogP contribution is -2.48. The molecule has 2 aromatic carbocycles. The van der Waals surface area contributed by atoms with Gasteiger partial charge >= 0.3 is 6.18 Å². The third kappa shape index (κ3) is 6.35. The Labute approximate surface area is 242 Å². The summed E-state index contributed by atoms with van der Waals surface area (Å²) in [6, 6.07) is 6.36. The highest BCUT2D eigenvalue weighted by atomic mass is 19.4. The van der Waals surface area contributed by atoms with Crippen molar-refractivity contribution in [3.63, 3.8) is 0 Å². The minimum atomic E-state index is -5.04. The van der Waals surface area contributed by atoms with Crippen LogP contribution in [-0.2, 0) is 13.2 Å². The second-order valence-electron chi connectivity index (χ2n) is 10.3. The summed E-state index contributed by atoms with van der Waals surface area (Å²) in [6.45, 7) is 3.54. The number of carbonyl (C=O) groups is 1. The number of carbonyl (C=O) groups excluding carboxylic acids is 1. The summed E-state index contributed by atoms with van der Waals surface area (Å²) in [5.41, 5.74) is 1.44. The van der Waals surface area contributed by atoms with Crippen LogP contribution in [0.25, 0.3) is 16.9 Å². The highest BCUT2D eigenvalue weighted by molar-refractivity contribution is 6.05. The van der Waals surface area contributed by atoms with Crippen LogP contribution < -0.4 is 10.2 Å². The smallest absolute Gasteiger partial charge is 0.367 e. The molecule has 0 atom stereocenters. The second-order valence-corrected chi connectivity index (χ2v) is 10.3. The van der Waals surface area contributed by atoms with Gasteiger partial charge < -0.3 is 10.2 Å². The minimum Gasteiger partial charge on any atom is -0.367 e. The number of nitrogens with one attached hydrogen (secondary N) is 1. The first kappa shape index (κ1) is 30.1. The van der Waals surface area contributed by atoms with E-state index in [0.717, 1.165) is 22.9 Å². The lowest BCUT2D eigenvalue weighted by atomic mass is 10.1. The number of rotatable bonds is 7. The summed E-state index contributed by atoms with van der Waals surface area (Å²) in [6.07, 6.45) is -4.25. The Balaban J connectivity index is 1.41. The molecule has 0 saturated carbocycles. The molecule has 228 valence electrons. The monoisotopic (exact) mass is 606 g/mol. The Morgan fingerprint density at radius 2 is 1.77 bits per heavy atom. The molecule has 2 aromatic heterocycles. The number of amides is 1. The molecule has 15 heteroatoms. The Bertz CT molecular complexity index is 1640. The largest absolute Gasteiger partial charge is 0.419 e. The second kappa shape index (κ2) is 11.7. The quantitative estimate of drug-likeness (QED) is 0.296. The van der Waals surface area contributed by atoms with E-state index in [1.54, 1.807) is 37.1 Å². The van der Waals surface area contributed by atoms with Crippen LogP contribution in [0, 0.1) is 19.7 Å². The highest BCUT2D eigenvalue weighted by Gasteiger charge is 2.37. The Morgan fingerprint density at radius 3 is 2.40 bits per heavy atom. The summed E-state index contributed by atoms with van der Waals surface area (Å²) in [5.74, 6) is -2.21. The average molecular weight is 607 g/mol. The first-order chi connectivity index (χ1) is 20.3. The normalized spacial score (nSPS) is 14.5. The molecule has 1 fully saturated rings. The van der Waals surface area contributed by atoms with Crippen LogP contribution in [0.3, 0.4) is 0 Å². The number of anilines is 2. The SMILES string of the molecule is Cc1ccc(C(=O)Nc2cc(N3CCN(CC(F)F)CC3)c(F)c(C(F)(F)F)c2)cc1-n1cc(-c2cnn(C)c2C)nn1. The number of hydrogen-bond donors (Lipinski definition) is 1. The maximum atomic E-state index is 15.1. The molecule has 1 N–H and O–H groups in total. The summed E-state index contributed by atoms with van der Waals surface area (Å²) in [5, 5.41) is 15.0. The molecule has 0 aliphatic carbocycles. The topological polar surface area (TPSA) is 84.1 Å². The van der Waals surface area contributed by atoms with Gasteiger partial charge in [-0.2, -0.15) is 18.3 Å². The molecule has 1 aliphatic heterocycles. The standard InChI is InChI=1S/C28H28F6N8O/c1-16-4-5-18(10-23(16)42-14-22(37-38-42)20-13-35-39(3)17(20)2)27(43)36-19-11-21(28(32,33)34)26(31)24(12-19)41-8-6-40(7-9-41)15-25(29)30/h4-5,10-14,25H,6-9,15H2,1-3H3,(H,36,43). The number of piperazine rings is 1. The summed E-state index contributed by atoms with van der Waals surface area (Å²) >= 11 is 0. The zero-order chi connectivity index (χ0) is 31.1. The predicted molar refractivity (Wildman–Crippen MR) is 147 cm³/mol. The van der Waals surface area contributed by atoms with E-state index >= 15 is 4.39 Å². The van der Waals surface area contributed by atoms with Crippen molar-refractivity contribution >= 4 is 17.3 Å². The Kier molecular flexibility index (Phi) is 8.18. The summed E-state index contributed by atoms with van der Waals surface area (Å²) in [4.78, 5) is 16.0. The number of aromatic nitrogens is 5. The van der Waals surface area contributed by atoms with E-state index in [4.69, 9.17) is 0 Å². The minimum absolute atomic E-state index is 0.0398. The molecule has 1 aliphatic rings. The number of hydrogen-bond acceptors (Lipinski definition) is 6. The molecule has 1 amide bonds. The fraction of sp³-hybridized carbons (Fsp3) is 0.357. The van der Waals surface area contributed by atoms with Gasteiger partial charge in [-0.1, -0.05) is 11.3 Å². The van der Waals surface area contributed by atoms with Gasteiger partial charge in [0.2, 0.25) is 0 Å². The van der Waals surface area contributed by atoms with Crippen LogP contribution in [0.1, 0.15) is 27.2 Å². The molecule has 0 spiro atoms. The molecule has 3 heterocycles. The van der Waals surface area contributed by atoms with E-state index in [9.17, 15) is 26.7 Å². The number of halogens is 6. The van der Waals surface area contributed by atoms with Gasteiger partial charge in [-0.25, -0.2) is 17.9 Å². The number of alkyl halides is 5. The molecule has 4 aromatic rings. The van der Waals surface area contributed by atoms with Crippen molar-refractivity contribution in [2.75, 3.05) is 42.9 Å². The number of aryl methyl sites for hydroxylation is 2. The van der Waals surface area contributed by atoms with Crippen molar-refractivity contribution in [1.82, 2.24) is 29.7 Å². The fourth-order valence-electron chi connectivity index (χ4n) is 4.94. The molecular weight excluding hydrogens is 578 g/mol. The van der Waals surface area contributed by atoms with E-state index < -0.39 is 36.4 Å². The third-order valence-corrected chi connectivity index (χ3v) is 7.45. The summed E-state index contributed by atoms with van der Waals surface area (Å²) in [7, 11) is 1.80. The third-order valence-electron chi connectivity index (χ3n) is 7.45. The van der Waals surface area contributed by atoms with Crippen LogP contribution in [0.2, 0.25) is 0 Å². The van der Waals surface area contributed by atoms with Gasteiger partial charge in [-0.3, -0.25) is 14.4 Å². The van der Waals surface area contributed by atoms with Crippen molar-refractivity contribution in [1.29, 1.82) is 0 Å². The van der Waals surface area contributed by atoms with E-state index in [-0.39, 0.29) is 43.1 Å². The molecule has 43 heavy (non-hydrogen) atoms.